The summed E-state index contributed by atoms with van der Waals surface area (Å²) in [6, 6.07) is 2.09. The van der Waals surface area contributed by atoms with Gasteiger partial charge in [0.15, 0.2) is 0 Å². The molecule has 0 spiro atoms. The summed E-state index contributed by atoms with van der Waals surface area (Å²) < 4.78 is 5.38. The molecule has 1 aromatic rings. The van der Waals surface area contributed by atoms with Crippen molar-refractivity contribution in [3.8, 4) is 0 Å². The fraction of sp³-hybridized carbons (Fsp3) is 0.714. The van der Waals surface area contributed by atoms with Crippen molar-refractivity contribution < 1.29 is 19.4 Å². The van der Waals surface area contributed by atoms with Crippen LogP contribution >= 0.6 is 11.3 Å². The third-order valence-electron chi connectivity index (χ3n) is 8.13. The molecule has 0 saturated heterocycles. The van der Waals surface area contributed by atoms with Gasteiger partial charge in [0.25, 0.3) is 0 Å². The number of carbonyl (C=O) groups is 2. The first kappa shape index (κ1) is 25.4. The van der Waals surface area contributed by atoms with Crippen LogP contribution in [0.4, 0.5) is 5.69 Å². The van der Waals surface area contributed by atoms with Crippen molar-refractivity contribution in [3.05, 3.63) is 21.9 Å². The highest BCUT2D eigenvalue weighted by Gasteiger charge is 2.35. The van der Waals surface area contributed by atoms with Gasteiger partial charge in [-0.2, -0.15) is 0 Å². The lowest BCUT2D eigenvalue weighted by atomic mass is 9.80. The van der Waals surface area contributed by atoms with Gasteiger partial charge in [-0.15, -0.1) is 11.3 Å². The SMILES string of the molecule is COCC1CCC(N(C(=O)CC2CCCC(C)C2)c2cc(C3=CCCCC3)sc2C(=O)O)CC1. The van der Waals surface area contributed by atoms with Crippen LogP contribution in [-0.2, 0) is 9.53 Å². The summed E-state index contributed by atoms with van der Waals surface area (Å²) in [6.07, 6.45) is 15.7. The fourth-order valence-corrected chi connectivity index (χ4v) is 7.42. The predicted molar refractivity (Wildman–Crippen MR) is 139 cm³/mol. The number of thiophene rings is 1. The van der Waals surface area contributed by atoms with Gasteiger partial charge in [-0.25, -0.2) is 4.79 Å². The number of methoxy groups -OCH3 is 1. The van der Waals surface area contributed by atoms with Gasteiger partial charge in [-0.05, 0) is 93.6 Å². The van der Waals surface area contributed by atoms with E-state index in [-0.39, 0.29) is 11.9 Å². The van der Waals surface area contributed by atoms with E-state index in [0.29, 0.717) is 34.7 Å². The largest absolute Gasteiger partial charge is 0.477 e. The maximum atomic E-state index is 13.9. The van der Waals surface area contributed by atoms with Crippen LogP contribution in [0.5, 0.6) is 0 Å². The average molecular weight is 488 g/mol. The number of rotatable bonds is 8. The summed E-state index contributed by atoms with van der Waals surface area (Å²) in [6.45, 7) is 3.05. The number of amides is 1. The van der Waals surface area contributed by atoms with Crippen molar-refractivity contribution in [1.82, 2.24) is 0 Å². The van der Waals surface area contributed by atoms with Gasteiger partial charge in [0.2, 0.25) is 5.91 Å². The highest BCUT2D eigenvalue weighted by Crippen LogP contribution is 2.42. The second-order valence-corrected chi connectivity index (χ2v) is 11.9. The molecule has 4 rings (SSSR count). The van der Waals surface area contributed by atoms with Crippen LogP contribution in [-0.4, -0.2) is 36.7 Å². The van der Waals surface area contributed by atoms with E-state index in [1.807, 2.05) is 11.0 Å². The Labute approximate surface area is 208 Å². The Kier molecular flexibility index (Phi) is 8.86. The van der Waals surface area contributed by atoms with E-state index in [1.165, 1.54) is 36.2 Å². The molecule has 2 unspecified atom stereocenters. The number of anilines is 1. The zero-order valence-electron chi connectivity index (χ0n) is 20.9. The van der Waals surface area contributed by atoms with E-state index in [1.54, 1.807) is 7.11 Å². The summed E-state index contributed by atoms with van der Waals surface area (Å²) in [7, 11) is 1.75. The summed E-state index contributed by atoms with van der Waals surface area (Å²) >= 11 is 1.36. The predicted octanol–water partition coefficient (Wildman–Crippen LogP) is 7.16. The van der Waals surface area contributed by atoms with Crippen molar-refractivity contribution in [1.29, 1.82) is 0 Å². The minimum Gasteiger partial charge on any atom is -0.477 e. The van der Waals surface area contributed by atoms with Crippen LogP contribution in [0.15, 0.2) is 12.1 Å². The van der Waals surface area contributed by atoms with Gasteiger partial charge >= 0.3 is 5.97 Å². The van der Waals surface area contributed by atoms with Gasteiger partial charge < -0.3 is 14.7 Å². The number of carbonyl (C=O) groups excluding carboxylic acids is 1. The van der Waals surface area contributed by atoms with E-state index in [9.17, 15) is 14.7 Å². The molecule has 5 nitrogen and oxygen atoms in total. The number of allylic oxidation sites excluding steroid dienone is 2. The number of hydrogen-bond acceptors (Lipinski definition) is 4. The van der Waals surface area contributed by atoms with E-state index in [2.05, 4.69) is 13.0 Å². The van der Waals surface area contributed by atoms with Crippen LogP contribution in [0.25, 0.3) is 5.57 Å². The minimum atomic E-state index is -0.917. The zero-order valence-corrected chi connectivity index (χ0v) is 21.7. The molecule has 2 fully saturated rings. The molecule has 1 aromatic heterocycles. The van der Waals surface area contributed by atoms with Gasteiger partial charge in [0, 0.05) is 31.1 Å². The maximum Gasteiger partial charge on any atom is 0.348 e. The smallest absolute Gasteiger partial charge is 0.348 e. The van der Waals surface area contributed by atoms with Crippen molar-refractivity contribution in [2.45, 2.75) is 96.4 Å². The first-order valence-electron chi connectivity index (χ1n) is 13.3. The Morgan fingerprint density at radius 1 is 1.09 bits per heavy atom. The first-order valence-corrected chi connectivity index (χ1v) is 14.2. The zero-order chi connectivity index (χ0) is 24.1. The highest BCUT2D eigenvalue weighted by atomic mass is 32.1. The standard InChI is InChI=1S/C28H41NO4S/c1-19-7-6-8-21(15-19)16-26(30)29(23-13-11-20(12-14-23)18-33-2)24-17-25(34-27(24)28(31)32)22-9-4-3-5-10-22/h9,17,19-21,23H,3-8,10-16,18H2,1-2H3,(H,31,32). The van der Waals surface area contributed by atoms with Gasteiger partial charge in [-0.1, -0.05) is 25.8 Å². The fourth-order valence-electron chi connectivity index (χ4n) is 6.36. The average Bonchev–Trinajstić information content (AvgIpc) is 3.26. The molecule has 0 radical (unpaired) electrons. The maximum absolute atomic E-state index is 13.9. The molecule has 1 N–H and O–H groups in total. The molecule has 3 aliphatic carbocycles. The topological polar surface area (TPSA) is 66.8 Å². The molecule has 0 aliphatic heterocycles. The second-order valence-electron chi connectivity index (χ2n) is 10.8. The number of nitrogens with zero attached hydrogens (tertiary/aromatic N) is 1. The third-order valence-corrected chi connectivity index (χ3v) is 9.32. The van der Waals surface area contributed by atoms with Crippen LogP contribution in [0, 0.1) is 17.8 Å². The molecular weight excluding hydrogens is 446 g/mol. The number of ether oxygens (including phenoxy) is 1. The third kappa shape index (κ3) is 6.12. The van der Waals surface area contributed by atoms with Crippen molar-refractivity contribution in [2.24, 2.45) is 17.8 Å². The molecule has 2 saturated carbocycles. The van der Waals surface area contributed by atoms with Crippen molar-refractivity contribution in [3.63, 3.8) is 0 Å². The summed E-state index contributed by atoms with van der Waals surface area (Å²) in [4.78, 5) is 29.5. The van der Waals surface area contributed by atoms with Crippen LogP contribution in [0.1, 0.15) is 105 Å². The van der Waals surface area contributed by atoms with Gasteiger partial charge in [0.1, 0.15) is 4.88 Å². The molecule has 3 aliphatic rings. The van der Waals surface area contributed by atoms with Crippen molar-refractivity contribution >= 4 is 34.5 Å². The molecule has 188 valence electrons. The molecule has 34 heavy (non-hydrogen) atoms. The van der Waals surface area contributed by atoms with E-state index in [4.69, 9.17) is 4.74 Å². The lowest BCUT2D eigenvalue weighted by molar-refractivity contribution is -0.120. The van der Waals surface area contributed by atoms with Crippen molar-refractivity contribution in [2.75, 3.05) is 18.6 Å². The molecule has 0 bridgehead atoms. The Hall–Kier alpha value is -1.66. The summed E-state index contributed by atoms with van der Waals surface area (Å²) in [5.41, 5.74) is 1.89. The van der Waals surface area contributed by atoms with Crippen LogP contribution in [0.2, 0.25) is 0 Å². The highest BCUT2D eigenvalue weighted by molar-refractivity contribution is 7.15. The van der Waals surface area contributed by atoms with Crippen LogP contribution < -0.4 is 4.90 Å². The lowest BCUT2D eigenvalue weighted by Gasteiger charge is -2.38. The Bertz CT molecular complexity index is 883. The number of carboxylic acid groups (broad SMARTS) is 1. The Balaban J connectivity index is 1.63. The van der Waals surface area contributed by atoms with Crippen LogP contribution in [0.3, 0.4) is 0 Å². The summed E-state index contributed by atoms with van der Waals surface area (Å²) in [5, 5.41) is 10.1. The Morgan fingerprint density at radius 3 is 2.53 bits per heavy atom. The van der Waals surface area contributed by atoms with E-state index < -0.39 is 5.97 Å². The van der Waals surface area contributed by atoms with Gasteiger partial charge in [0.05, 0.1) is 5.69 Å². The molecule has 6 heteroatoms. The lowest BCUT2D eigenvalue weighted by Crippen LogP contribution is -2.44. The molecule has 1 heterocycles. The Morgan fingerprint density at radius 2 is 1.88 bits per heavy atom. The molecular formula is C28H41NO4S. The van der Waals surface area contributed by atoms with Gasteiger partial charge in [-0.3, -0.25) is 4.79 Å². The second kappa shape index (κ2) is 11.9. The summed E-state index contributed by atoms with van der Waals surface area (Å²) in [5.74, 6) is 0.821. The number of carboxylic acids is 1. The minimum absolute atomic E-state index is 0.0718. The monoisotopic (exact) mass is 487 g/mol. The molecule has 0 aromatic carbocycles. The molecule has 2 atom stereocenters. The van der Waals surface area contributed by atoms with E-state index >= 15 is 0 Å². The number of aromatic carboxylic acids is 1. The first-order chi connectivity index (χ1) is 16.5. The normalized spacial score (nSPS) is 27.8. The van der Waals surface area contributed by atoms with E-state index in [0.717, 1.165) is 69.3 Å². The molecule has 1 amide bonds. The quantitative estimate of drug-likeness (QED) is 0.422. The number of hydrogen-bond donors (Lipinski definition) is 1.